The van der Waals surface area contributed by atoms with Crippen molar-refractivity contribution in [2.75, 3.05) is 13.2 Å². The molecule has 3 heterocycles. The van der Waals surface area contributed by atoms with Crippen LogP contribution in [0.3, 0.4) is 0 Å². The number of rotatable bonds is 7. The Bertz CT molecular complexity index is 594. The Morgan fingerprint density at radius 1 is 1.45 bits per heavy atom. The summed E-state index contributed by atoms with van der Waals surface area (Å²) in [6.45, 7) is 7.79. The van der Waals surface area contributed by atoms with Crippen LogP contribution >= 0.6 is 11.3 Å². The molecule has 0 bridgehead atoms. The lowest BCUT2D eigenvalue weighted by Gasteiger charge is -2.17. The summed E-state index contributed by atoms with van der Waals surface area (Å²) in [5.74, 6) is 0.513. The number of thiazole rings is 1. The molecule has 1 N–H and O–H groups in total. The molecule has 0 saturated carbocycles. The highest BCUT2D eigenvalue weighted by molar-refractivity contribution is 7.09. The van der Waals surface area contributed by atoms with E-state index in [0.29, 0.717) is 5.92 Å². The van der Waals surface area contributed by atoms with Crippen LogP contribution < -0.4 is 5.32 Å². The first-order valence-corrected chi connectivity index (χ1v) is 8.96. The third-order valence-corrected chi connectivity index (χ3v) is 5.18. The van der Waals surface area contributed by atoms with Crippen LogP contribution in [0.4, 0.5) is 0 Å². The number of ether oxygens (including phenoxy) is 1. The normalized spacial score (nSPS) is 21.5. The van der Waals surface area contributed by atoms with E-state index in [0.717, 1.165) is 44.8 Å². The molecule has 1 fully saturated rings. The molecule has 0 aromatic carbocycles. The number of hydrogen-bond acceptors (Lipinski definition) is 5. The Morgan fingerprint density at radius 3 is 3.09 bits per heavy atom. The molecule has 1 saturated heterocycles. The van der Waals surface area contributed by atoms with E-state index >= 15 is 0 Å². The minimum atomic E-state index is 0.175. The van der Waals surface area contributed by atoms with Crippen molar-refractivity contribution in [3.05, 3.63) is 34.0 Å². The molecule has 0 spiro atoms. The molecular weight excluding hydrogens is 296 g/mol. The summed E-state index contributed by atoms with van der Waals surface area (Å²) in [7, 11) is 0. The molecule has 3 rings (SSSR count). The van der Waals surface area contributed by atoms with E-state index in [9.17, 15) is 0 Å². The second-order valence-electron chi connectivity index (χ2n) is 5.69. The zero-order chi connectivity index (χ0) is 15.4. The van der Waals surface area contributed by atoms with E-state index in [-0.39, 0.29) is 6.10 Å². The summed E-state index contributed by atoms with van der Waals surface area (Å²) in [5.41, 5.74) is 2.35. The number of hydrogen-bond donors (Lipinski definition) is 1. The lowest BCUT2D eigenvalue weighted by Crippen LogP contribution is -2.24. The molecule has 2 aromatic heterocycles. The van der Waals surface area contributed by atoms with Crippen molar-refractivity contribution in [1.82, 2.24) is 20.1 Å². The monoisotopic (exact) mass is 320 g/mol. The maximum Gasteiger partial charge on any atom is 0.0926 e. The van der Waals surface area contributed by atoms with Crippen molar-refractivity contribution in [2.45, 2.75) is 45.9 Å². The second-order valence-corrected chi connectivity index (χ2v) is 6.63. The molecule has 0 amide bonds. The van der Waals surface area contributed by atoms with Crippen molar-refractivity contribution in [1.29, 1.82) is 0 Å². The van der Waals surface area contributed by atoms with Crippen LogP contribution in [0.25, 0.3) is 0 Å². The first-order chi connectivity index (χ1) is 10.8. The predicted octanol–water partition coefficient (Wildman–Crippen LogP) is 2.79. The van der Waals surface area contributed by atoms with Gasteiger partial charge < -0.3 is 10.1 Å². The molecule has 0 radical (unpaired) electrons. The van der Waals surface area contributed by atoms with Crippen LogP contribution in [-0.4, -0.2) is 27.9 Å². The lowest BCUT2D eigenvalue weighted by molar-refractivity contribution is 0.0903. The second kappa shape index (κ2) is 7.35. The highest BCUT2D eigenvalue weighted by atomic mass is 32.1. The van der Waals surface area contributed by atoms with Gasteiger partial charge in [0.25, 0.3) is 0 Å². The van der Waals surface area contributed by atoms with Crippen LogP contribution in [0.2, 0.25) is 0 Å². The van der Waals surface area contributed by atoms with Gasteiger partial charge in [0, 0.05) is 49.3 Å². The van der Waals surface area contributed by atoms with Crippen LogP contribution in [0, 0.1) is 5.92 Å². The minimum Gasteiger partial charge on any atom is -0.373 e. The van der Waals surface area contributed by atoms with Gasteiger partial charge in [-0.05, 0) is 19.8 Å². The van der Waals surface area contributed by atoms with Crippen LogP contribution in [0.15, 0.2) is 17.8 Å². The summed E-state index contributed by atoms with van der Waals surface area (Å²) in [6.07, 6.45) is 6.35. The highest BCUT2D eigenvalue weighted by Crippen LogP contribution is 2.33. The Labute approximate surface area is 135 Å². The third-order valence-electron chi connectivity index (χ3n) is 4.13. The van der Waals surface area contributed by atoms with E-state index in [1.807, 2.05) is 10.9 Å². The smallest absolute Gasteiger partial charge is 0.0926 e. The predicted molar refractivity (Wildman–Crippen MR) is 87.9 cm³/mol. The molecule has 0 aliphatic carbocycles. The van der Waals surface area contributed by atoms with Crippen molar-refractivity contribution >= 4 is 11.3 Å². The van der Waals surface area contributed by atoms with Gasteiger partial charge in [0.05, 0.1) is 23.0 Å². The lowest BCUT2D eigenvalue weighted by atomic mass is 9.97. The van der Waals surface area contributed by atoms with Crippen LogP contribution in [0.5, 0.6) is 0 Å². The van der Waals surface area contributed by atoms with E-state index in [1.54, 1.807) is 11.3 Å². The number of aromatic nitrogens is 3. The first-order valence-electron chi connectivity index (χ1n) is 8.08. The third kappa shape index (κ3) is 3.56. The van der Waals surface area contributed by atoms with Crippen molar-refractivity contribution in [2.24, 2.45) is 5.92 Å². The standard InChI is InChI=1S/C16H24N4OS/c1-3-15-19-14(11-22-15)9-17-7-12-5-6-21-16(12)13-8-18-20(4-2)10-13/h8,10-12,16-17H,3-7,9H2,1-2H3/t12-,16-/m0/s1. The first kappa shape index (κ1) is 15.6. The van der Waals surface area contributed by atoms with Crippen LogP contribution in [-0.2, 0) is 24.2 Å². The van der Waals surface area contributed by atoms with Gasteiger partial charge in [0.15, 0.2) is 0 Å². The van der Waals surface area contributed by atoms with E-state index in [4.69, 9.17) is 4.74 Å². The van der Waals surface area contributed by atoms with Crippen molar-refractivity contribution < 1.29 is 4.74 Å². The Balaban J connectivity index is 1.52. The van der Waals surface area contributed by atoms with Gasteiger partial charge in [0.1, 0.15) is 0 Å². The van der Waals surface area contributed by atoms with Crippen molar-refractivity contribution in [3.8, 4) is 0 Å². The van der Waals surface area contributed by atoms with Gasteiger partial charge in [-0.25, -0.2) is 4.98 Å². The molecule has 2 atom stereocenters. The number of nitrogens with one attached hydrogen (secondary N) is 1. The Hall–Kier alpha value is -1.24. The molecule has 1 aliphatic rings. The molecule has 2 aromatic rings. The minimum absolute atomic E-state index is 0.175. The van der Waals surface area contributed by atoms with Crippen LogP contribution in [0.1, 0.15) is 42.6 Å². The average molecular weight is 320 g/mol. The summed E-state index contributed by atoms with van der Waals surface area (Å²) in [6, 6.07) is 0. The molecule has 0 unspecified atom stereocenters. The fraction of sp³-hybridized carbons (Fsp3) is 0.625. The quantitative estimate of drug-likeness (QED) is 0.852. The largest absolute Gasteiger partial charge is 0.373 e. The van der Waals surface area contributed by atoms with Gasteiger partial charge in [-0.1, -0.05) is 6.92 Å². The van der Waals surface area contributed by atoms with Gasteiger partial charge in [-0.3, -0.25) is 4.68 Å². The summed E-state index contributed by atoms with van der Waals surface area (Å²) in [5, 5.41) is 11.3. The number of aryl methyl sites for hydroxylation is 2. The molecular formula is C16H24N4OS. The van der Waals surface area contributed by atoms with Gasteiger partial charge in [-0.15, -0.1) is 11.3 Å². The van der Waals surface area contributed by atoms with Crippen molar-refractivity contribution in [3.63, 3.8) is 0 Å². The fourth-order valence-corrected chi connectivity index (χ4v) is 3.63. The molecule has 22 heavy (non-hydrogen) atoms. The SMILES string of the molecule is CCc1nc(CNC[C@@H]2CCO[C@@H]2c2cnn(CC)c2)cs1. The zero-order valence-corrected chi connectivity index (χ0v) is 14.1. The van der Waals surface area contributed by atoms with E-state index in [1.165, 1.54) is 10.6 Å². The summed E-state index contributed by atoms with van der Waals surface area (Å²) in [4.78, 5) is 4.60. The zero-order valence-electron chi connectivity index (χ0n) is 13.3. The molecule has 6 heteroatoms. The Kier molecular flexibility index (Phi) is 5.23. The van der Waals surface area contributed by atoms with Gasteiger partial charge >= 0.3 is 0 Å². The maximum absolute atomic E-state index is 5.93. The summed E-state index contributed by atoms with van der Waals surface area (Å²) < 4.78 is 7.89. The highest BCUT2D eigenvalue weighted by Gasteiger charge is 2.30. The summed E-state index contributed by atoms with van der Waals surface area (Å²) >= 11 is 1.75. The Morgan fingerprint density at radius 2 is 2.36 bits per heavy atom. The maximum atomic E-state index is 5.93. The van der Waals surface area contributed by atoms with Gasteiger partial charge in [-0.2, -0.15) is 5.10 Å². The molecule has 1 aliphatic heterocycles. The average Bonchev–Trinajstić information content (AvgIpc) is 3.27. The number of nitrogens with zero attached hydrogens (tertiary/aromatic N) is 3. The van der Waals surface area contributed by atoms with E-state index in [2.05, 4.69) is 40.8 Å². The molecule has 120 valence electrons. The van der Waals surface area contributed by atoms with Gasteiger partial charge in [0.2, 0.25) is 0 Å². The van der Waals surface area contributed by atoms with E-state index < -0.39 is 0 Å². The topological polar surface area (TPSA) is 52.0 Å². The fourth-order valence-electron chi connectivity index (χ4n) is 2.89. The molecule has 5 nitrogen and oxygen atoms in total.